The number of ether oxygens (including phenoxy) is 4. The fourth-order valence-corrected chi connectivity index (χ4v) is 1.89. The molecule has 0 N–H and O–H groups in total. The summed E-state index contributed by atoms with van der Waals surface area (Å²) in [5.74, 6) is -2.95. The Labute approximate surface area is 149 Å². The third-order valence-electron chi connectivity index (χ3n) is 3.41. The molecule has 0 rings (SSSR count). The molecular weight excluding hydrogens is 361 g/mol. The van der Waals surface area contributed by atoms with Crippen molar-refractivity contribution in [2.75, 3.05) is 26.9 Å². The van der Waals surface area contributed by atoms with Crippen molar-refractivity contribution in [1.29, 1.82) is 0 Å². The molecule has 0 unspecified atom stereocenters. The number of hydrogen-bond donors (Lipinski definition) is 0. The lowest BCUT2D eigenvalue weighted by Crippen LogP contribution is -2.38. The van der Waals surface area contributed by atoms with Gasteiger partial charge in [-0.1, -0.05) is 20.4 Å². The average Bonchev–Trinajstić information content (AvgIpc) is 2.56. The molecule has 0 radical (unpaired) electrons. The molecule has 0 aliphatic rings. The number of hydrogen-bond acceptors (Lipinski definition) is 7. The van der Waals surface area contributed by atoms with Gasteiger partial charge in [0.2, 0.25) is 0 Å². The van der Waals surface area contributed by atoms with Crippen LogP contribution in [0.25, 0.3) is 0 Å². The van der Waals surface area contributed by atoms with Crippen LogP contribution in [0.2, 0.25) is 0 Å². The van der Waals surface area contributed by atoms with Crippen LogP contribution in [0.5, 0.6) is 0 Å². The predicted octanol–water partition coefficient (Wildman–Crippen LogP) is 2.33. The van der Waals surface area contributed by atoms with E-state index < -0.39 is 49.3 Å². The second kappa shape index (κ2) is 10.8. The zero-order valence-corrected chi connectivity index (χ0v) is 14.9. The Bertz CT molecular complexity index is 510. The van der Waals surface area contributed by atoms with Crippen LogP contribution >= 0.6 is 0 Å². The summed E-state index contributed by atoms with van der Waals surface area (Å²) in [6.45, 7) is 4.07. The predicted molar refractivity (Wildman–Crippen MR) is 83.0 cm³/mol. The van der Waals surface area contributed by atoms with E-state index in [2.05, 4.69) is 16.1 Å². The minimum atomic E-state index is -4.65. The zero-order valence-electron chi connectivity index (χ0n) is 14.9. The van der Waals surface area contributed by atoms with Gasteiger partial charge in [-0.25, -0.2) is 9.59 Å². The van der Waals surface area contributed by atoms with Gasteiger partial charge >= 0.3 is 24.1 Å². The van der Waals surface area contributed by atoms with Gasteiger partial charge in [-0.3, -0.25) is 4.79 Å². The van der Waals surface area contributed by atoms with Gasteiger partial charge in [-0.05, 0) is 12.8 Å². The molecule has 0 aromatic heterocycles. The minimum Gasteiger partial charge on any atom is -0.456 e. The number of carbonyl (C=O) groups excluding carboxylic acids is 3. The van der Waals surface area contributed by atoms with Gasteiger partial charge < -0.3 is 18.9 Å². The Morgan fingerprint density at radius 3 is 2.00 bits per heavy atom. The Balaban J connectivity index is 4.68. The van der Waals surface area contributed by atoms with Crippen molar-refractivity contribution >= 4 is 17.9 Å². The van der Waals surface area contributed by atoms with Gasteiger partial charge in [0.05, 0.1) is 18.6 Å². The summed E-state index contributed by atoms with van der Waals surface area (Å²) in [5.41, 5.74) is -1.36. The van der Waals surface area contributed by atoms with Gasteiger partial charge in [0, 0.05) is 7.11 Å². The first kappa shape index (κ1) is 23.9. The van der Waals surface area contributed by atoms with Crippen LogP contribution in [0.1, 0.15) is 33.1 Å². The van der Waals surface area contributed by atoms with E-state index in [9.17, 15) is 27.6 Å². The van der Waals surface area contributed by atoms with Gasteiger partial charge in [-0.2, -0.15) is 13.2 Å². The Morgan fingerprint density at radius 1 is 0.962 bits per heavy atom. The van der Waals surface area contributed by atoms with Crippen LogP contribution < -0.4 is 0 Å². The first-order valence-corrected chi connectivity index (χ1v) is 7.76. The van der Waals surface area contributed by atoms with Crippen molar-refractivity contribution < 1.29 is 46.5 Å². The highest BCUT2D eigenvalue weighted by Gasteiger charge is 2.36. The summed E-state index contributed by atoms with van der Waals surface area (Å²) in [6.07, 6.45) is -4.89. The number of alkyl halides is 3. The molecule has 0 fully saturated rings. The van der Waals surface area contributed by atoms with Crippen molar-refractivity contribution in [1.82, 2.24) is 0 Å². The standard InChI is InChI=1S/C16H23F3O7/c1-5-15(6-2,7-12(20)25-10-16(17,18)19)26-13(21)9-24-14(22)11(3)8-23-4/h3,5-10H2,1-2,4H3. The molecular formula is C16H23F3O7. The molecule has 0 aliphatic carbocycles. The van der Waals surface area contributed by atoms with E-state index in [1.54, 1.807) is 13.8 Å². The van der Waals surface area contributed by atoms with Crippen molar-refractivity contribution in [3.8, 4) is 0 Å². The maximum Gasteiger partial charge on any atom is 0.422 e. The highest BCUT2D eigenvalue weighted by Crippen LogP contribution is 2.26. The molecule has 0 atom stereocenters. The zero-order chi connectivity index (χ0) is 20.4. The topological polar surface area (TPSA) is 88.1 Å². The molecule has 0 saturated heterocycles. The maximum absolute atomic E-state index is 12.1. The molecule has 0 aliphatic heterocycles. The lowest BCUT2D eigenvalue weighted by Gasteiger charge is -2.30. The van der Waals surface area contributed by atoms with Gasteiger partial charge in [0.25, 0.3) is 0 Å². The molecule has 0 bridgehead atoms. The van der Waals surface area contributed by atoms with E-state index in [-0.39, 0.29) is 25.0 Å². The van der Waals surface area contributed by atoms with Gasteiger partial charge in [0.1, 0.15) is 5.60 Å². The second-order valence-corrected chi connectivity index (χ2v) is 5.43. The largest absolute Gasteiger partial charge is 0.456 e. The van der Waals surface area contributed by atoms with E-state index in [1.165, 1.54) is 7.11 Å². The first-order chi connectivity index (χ1) is 12.0. The molecule has 10 heteroatoms. The molecule has 7 nitrogen and oxygen atoms in total. The number of esters is 3. The molecule has 0 amide bonds. The van der Waals surface area contributed by atoms with Gasteiger partial charge in [0.15, 0.2) is 13.2 Å². The SMILES string of the molecule is C=C(COC)C(=O)OCC(=O)OC(CC)(CC)CC(=O)OCC(F)(F)F. The molecule has 0 aromatic rings. The van der Waals surface area contributed by atoms with Crippen molar-refractivity contribution in [3.63, 3.8) is 0 Å². The van der Waals surface area contributed by atoms with E-state index in [0.717, 1.165) is 0 Å². The van der Waals surface area contributed by atoms with Crippen LogP contribution in [0.4, 0.5) is 13.2 Å². The van der Waals surface area contributed by atoms with Crippen LogP contribution in [0.3, 0.4) is 0 Å². The van der Waals surface area contributed by atoms with Crippen molar-refractivity contribution in [3.05, 3.63) is 12.2 Å². The average molecular weight is 384 g/mol. The van der Waals surface area contributed by atoms with Crippen molar-refractivity contribution in [2.24, 2.45) is 0 Å². The van der Waals surface area contributed by atoms with Crippen molar-refractivity contribution in [2.45, 2.75) is 44.9 Å². The fourth-order valence-electron chi connectivity index (χ4n) is 1.89. The smallest absolute Gasteiger partial charge is 0.422 e. The second-order valence-electron chi connectivity index (χ2n) is 5.43. The quantitative estimate of drug-likeness (QED) is 0.307. The van der Waals surface area contributed by atoms with Crippen LogP contribution in [0, 0.1) is 0 Å². The highest BCUT2D eigenvalue weighted by molar-refractivity contribution is 5.89. The molecule has 0 heterocycles. The number of methoxy groups -OCH3 is 1. The molecule has 150 valence electrons. The van der Waals surface area contributed by atoms with Crippen LogP contribution in [-0.4, -0.2) is 56.6 Å². The van der Waals surface area contributed by atoms with E-state index >= 15 is 0 Å². The monoisotopic (exact) mass is 384 g/mol. The summed E-state index contributed by atoms with van der Waals surface area (Å²) in [5, 5.41) is 0. The number of rotatable bonds is 11. The van der Waals surface area contributed by atoms with E-state index in [1.807, 2.05) is 0 Å². The first-order valence-electron chi connectivity index (χ1n) is 7.76. The fraction of sp³-hybridized carbons (Fsp3) is 0.688. The summed E-state index contributed by atoms with van der Waals surface area (Å²) in [6, 6.07) is 0. The van der Waals surface area contributed by atoms with E-state index in [4.69, 9.17) is 9.47 Å². The molecule has 0 aromatic carbocycles. The Hall–Kier alpha value is -2.10. The molecule has 0 saturated carbocycles. The molecule has 26 heavy (non-hydrogen) atoms. The van der Waals surface area contributed by atoms with Crippen LogP contribution in [0.15, 0.2) is 12.2 Å². The Morgan fingerprint density at radius 2 is 1.54 bits per heavy atom. The third-order valence-corrected chi connectivity index (χ3v) is 3.41. The lowest BCUT2D eigenvalue weighted by atomic mass is 9.93. The summed E-state index contributed by atoms with van der Waals surface area (Å²) in [4.78, 5) is 35.0. The van der Waals surface area contributed by atoms with Crippen LogP contribution in [-0.2, 0) is 33.3 Å². The Kier molecular flexibility index (Phi) is 9.92. The van der Waals surface area contributed by atoms with E-state index in [0.29, 0.717) is 0 Å². The number of carbonyl (C=O) groups is 3. The minimum absolute atomic E-state index is 0.00623. The normalized spacial score (nSPS) is 11.6. The summed E-state index contributed by atoms with van der Waals surface area (Å²) < 4.78 is 55.0. The highest BCUT2D eigenvalue weighted by atomic mass is 19.4. The summed E-state index contributed by atoms with van der Waals surface area (Å²) >= 11 is 0. The van der Waals surface area contributed by atoms with Gasteiger partial charge in [-0.15, -0.1) is 0 Å². The molecule has 0 spiro atoms. The number of halogens is 3. The summed E-state index contributed by atoms with van der Waals surface area (Å²) in [7, 11) is 1.35. The third kappa shape index (κ3) is 9.40. The maximum atomic E-state index is 12.1. The lowest BCUT2D eigenvalue weighted by molar-refractivity contribution is -0.192.